The van der Waals surface area contributed by atoms with Crippen molar-refractivity contribution in [2.75, 3.05) is 5.32 Å². The molecule has 2 aromatic heterocycles. The number of carbonyl (C=O) groups excluding carboxylic acids is 1. The summed E-state index contributed by atoms with van der Waals surface area (Å²) in [5.74, 6) is 0.00782. The Hall–Kier alpha value is -2.96. The van der Waals surface area contributed by atoms with Crippen LogP contribution in [0.3, 0.4) is 0 Å². The maximum atomic E-state index is 12.0. The molecule has 0 unspecified atom stereocenters. The lowest BCUT2D eigenvalue weighted by Crippen LogP contribution is -2.16. The first-order chi connectivity index (χ1) is 10.1. The number of hydrogen-bond acceptors (Lipinski definition) is 5. The van der Waals surface area contributed by atoms with E-state index in [1.165, 1.54) is 4.68 Å². The van der Waals surface area contributed by atoms with Gasteiger partial charge in [0.15, 0.2) is 0 Å². The summed E-state index contributed by atoms with van der Waals surface area (Å²) in [6, 6.07) is 9.34. The molecule has 3 rings (SSSR count). The molecule has 21 heavy (non-hydrogen) atoms. The van der Waals surface area contributed by atoms with Crippen LogP contribution in [0.15, 0.2) is 40.9 Å². The normalized spacial score (nSPS) is 10.6. The molecule has 0 aliphatic heterocycles. The highest BCUT2D eigenvalue weighted by atomic mass is 16.4. The molecule has 0 saturated heterocycles. The van der Waals surface area contributed by atoms with Gasteiger partial charge in [-0.1, -0.05) is 22.8 Å². The number of benzene rings is 1. The molecule has 1 N–H and O–H groups in total. The number of anilines is 1. The minimum absolute atomic E-state index is 0.0534. The Morgan fingerprint density at radius 1 is 1.29 bits per heavy atom. The summed E-state index contributed by atoms with van der Waals surface area (Å²) >= 11 is 0. The third-order valence-corrected chi connectivity index (χ3v) is 2.96. The van der Waals surface area contributed by atoms with Crippen LogP contribution in [-0.2, 0) is 7.05 Å². The van der Waals surface area contributed by atoms with Gasteiger partial charge in [-0.25, -0.2) is 0 Å². The maximum Gasteiger partial charge on any atom is 0.322 e. The SMILES string of the molecule is Cc1cccc(-c2nnc(NC(=O)c3ccnn3C)o2)c1. The van der Waals surface area contributed by atoms with Crippen LogP contribution in [0.4, 0.5) is 6.01 Å². The molecule has 0 fully saturated rings. The van der Waals surface area contributed by atoms with Crippen LogP contribution < -0.4 is 5.32 Å². The van der Waals surface area contributed by atoms with Gasteiger partial charge < -0.3 is 4.42 Å². The van der Waals surface area contributed by atoms with Crippen LogP contribution in [0.1, 0.15) is 16.1 Å². The topological polar surface area (TPSA) is 85.8 Å². The number of amides is 1. The van der Waals surface area contributed by atoms with Gasteiger partial charge in [-0.3, -0.25) is 14.8 Å². The molecule has 0 bridgehead atoms. The van der Waals surface area contributed by atoms with Gasteiger partial charge in [0.2, 0.25) is 5.89 Å². The molecule has 0 spiro atoms. The van der Waals surface area contributed by atoms with Crippen LogP contribution in [0.5, 0.6) is 0 Å². The van der Waals surface area contributed by atoms with E-state index >= 15 is 0 Å². The first-order valence-corrected chi connectivity index (χ1v) is 6.33. The Kier molecular flexibility index (Phi) is 3.23. The van der Waals surface area contributed by atoms with E-state index in [-0.39, 0.29) is 11.9 Å². The Morgan fingerprint density at radius 3 is 2.86 bits per heavy atom. The summed E-state index contributed by atoms with van der Waals surface area (Å²) in [6.07, 6.45) is 1.54. The number of rotatable bonds is 3. The second-order valence-electron chi connectivity index (χ2n) is 4.58. The van der Waals surface area contributed by atoms with Gasteiger partial charge in [-0.15, -0.1) is 5.10 Å². The van der Waals surface area contributed by atoms with Gasteiger partial charge in [0.05, 0.1) is 0 Å². The van der Waals surface area contributed by atoms with Crippen molar-refractivity contribution < 1.29 is 9.21 Å². The van der Waals surface area contributed by atoms with Gasteiger partial charge in [0, 0.05) is 18.8 Å². The lowest BCUT2D eigenvalue weighted by molar-refractivity contribution is 0.101. The van der Waals surface area contributed by atoms with Crippen molar-refractivity contribution in [1.82, 2.24) is 20.0 Å². The number of nitrogens with zero attached hydrogens (tertiary/aromatic N) is 4. The summed E-state index contributed by atoms with van der Waals surface area (Å²) < 4.78 is 6.91. The van der Waals surface area contributed by atoms with E-state index in [9.17, 15) is 4.79 Å². The molecule has 0 aliphatic rings. The minimum atomic E-state index is -0.352. The molecule has 0 atom stereocenters. The van der Waals surface area contributed by atoms with Crippen molar-refractivity contribution in [2.24, 2.45) is 7.05 Å². The Morgan fingerprint density at radius 2 is 2.14 bits per heavy atom. The van der Waals surface area contributed by atoms with E-state index < -0.39 is 0 Å². The minimum Gasteiger partial charge on any atom is -0.403 e. The summed E-state index contributed by atoms with van der Waals surface area (Å²) in [4.78, 5) is 12.0. The fourth-order valence-corrected chi connectivity index (χ4v) is 1.93. The Bertz CT molecular complexity index is 790. The summed E-state index contributed by atoms with van der Waals surface area (Å²) in [7, 11) is 1.68. The molecule has 7 nitrogen and oxygen atoms in total. The molecule has 0 radical (unpaired) electrons. The molecule has 1 aromatic carbocycles. The van der Waals surface area contributed by atoms with E-state index in [4.69, 9.17) is 4.42 Å². The number of aromatic nitrogens is 4. The zero-order valence-corrected chi connectivity index (χ0v) is 11.6. The van der Waals surface area contributed by atoms with Gasteiger partial charge >= 0.3 is 6.01 Å². The average molecular weight is 283 g/mol. The molecule has 2 heterocycles. The number of aryl methyl sites for hydroxylation is 2. The first kappa shape index (κ1) is 13.0. The van der Waals surface area contributed by atoms with Gasteiger partial charge in [-0.05, 0) is 25.1 Å². The van der Waals surface area contributed by atoms with Crippen LogP contribution >= 0.6 is 0 Å². The van der Waals surface area contributed by atoms with Gasteiger partial charge in [0.25, 0.3) is 5.91 Å². The highest BCUT2D eigenvalue weighted by molar-refractivity contribution is 6.01. The van der Waals surface area contributed by atoms with E-state index in [0.717, 1.165) is 11.1 Å². The zero-order valence-electron chi connectivity index (χ0n) is 11.6. The zero-order chi connectivity index (χ0) is 14.8. The first-order valence-electron chi connectivity index (χ1n) is 6.33. The predicted molar refractivity (Wildman–Crippen MR) is 75.6 cm³/mol. The standard InChI is InChI=1S/C14H13N5O2/c1-9-4-3-5-10(8-9)13-17-18-14(21-13)16-12(20)11-6-7-15-19(11)2/h3-8H,1-2H3,(H,16,18,20). The third kappa shape index (κ3) is 2.66. The van der Waals surface area contributed by atoms with Crippen LogP contribution in [-0.4, -0.2) is 25.9 Å². The molecule has 0 aliphatic carbocycles. The van der Waals surface area contributed by atoms with Gasteiger partial charge in [-0.2, -0.15) is 5.10 Å². The molecular formula is C14H13N5O2. The van der Waals surface area contributed by atoms with E-state index in [0.29, 0.717) is 11.6 Å². The molecule has 1 amide bonds. The van der Waals surface area contributed by atoms with Crippen molar-refractivity contribution >= 4 is 11.9 Å². The molecular weight excluding hydrogens is 270 g/mol. The van der Waals surface area contributed by atoms with E-state index in [2.05, 4.69) is 20.6 Å². The summed E-state index contributed by atoms with van der Waals surface area (Å²) in [5.41, 5.74) is 2.31. The second kappa shape index (κ2) is 5.20. The number of carbonyl (C=O) groups is 1. The fourth-order valence-electron chi connectivity index (χ4n) is 1.93. The highest BCUT2D eigenvalue weighted by Crippen LogP contribution is 2.20. The van der Waals surface area contributed by atoms with Crippen molar-refractivity contribution in [1.29, 1.82) is 0 Å². The van der Waals surface area contributed by atoms with Crippen LogP contribution in [0.25, 0.3) is 11.5 Å². The predicted octanol–water partition coefficient (Wildman–Crippen LogP) is 2.03. The lowest BCUT2D eigenvalue weighted by Gasteiger charge is -2.00. The van der Waals surface area contributed by atoms with Crippen molar-refractivity contribution in [2.45, 2.75) is 6.92 Å². The summed E-state index contributed by atoms with van der Waals surface area (Å²) in [6.45, 7) is 1.98. The van der Waals surface area contributed by atoms with Crippen LogP contribution in [0, 0.1) is 6.92 Å². The van der Waals surface area contributed by atoms with Crippen LogP contribution in [0.2, 0.25) is 0 Å². The summed E-state index contributed by atoms with van der Waals surface area (Å²) in [5, 5.41) is 14.2. The number of nitrogens with one attached hydrogen (secondary N) is 1. The smallest absolute Gasteiger partial charge is 0.322 e. The van der Waals surface area contributed by atoms with E-state index in [1.54, 1.807) is 19.3 Å². The Balaban J connectivity index is 1.80. The lowest BCUT2D eigenvalue weighted by atomic mass is 10.1. The third-order valence-electron chi connectivity index (χ3n) is 2.96. The fraction of sp³-hybridized carbons (Fsp3) is 0.143. The largest absolute Gasteiger partial charge is 0.403 e. The maximum absolute atomic E-state index is 12.0. The Labute approximate surface area is 120 Å². The second-order valence-corrected chi connectivity index (χ2v) is 4.58. The molecule has 106 valence electrons. The van der Waals surface area contributed by atoms with Crippen molar-refractivity contribution in [3.8, 4) is 11.5 Å². The quantitative estimate of drug-likeness (QED) is 0.794. The molecule has 7 heteroatoms. The molecule has 3 aromatic rings. The van der Waals surface area contributed by atoms with Gasteiger partial charge in [0.1, 0.15) is 5.69 Å². The van der Waals surface area contributed by atoms with E-state index in [1.807, 2.05) is 31.2 Å². The monoisotopic (exact) mass is 283 g/mol. The number of hydrogen-bond donors (Lipinski definition) is 1. The molecule has 0 saturated carbocycles. The van der Waals surface area contributed by atoms with Crippen molar-refractivity contribution in [3.05, 3.63) is 47.8 Å². The average Bonchev–Trinajstić information content (AvgIpc) is 3.08. The highest BCUT2D eigenvalue weighted by Gasteiger charge is 2.14. The van der Waals surface area contributed by atoms with Crippen molar-refractivity contribution in [3.63, 3.8) is 0 Å².